The highest BCUT2D eigenvalue weighted by Crippen LogP contribution is 2.29. The van der Waals surface area contributed by atoms with Crippen LogP contribution in [0.3, 0.4) is 0 Å². The number of hydrogen-bond acceptors (Lipinski definition) is 7. The average molecular weight is 347 g/mol. The van der Waals surface area contributed by atoms with E-state index >= 15 is 0 Å². The molecule has 2 N–H and O–H groups in total. The Balaban J connectivity index is 2.33. The maximum absolute atomic E-state index is 12.3. The van der Waals surface area contributed by atoms with Crippen LogP contribution in [0.4, 0.5) is 0 Å². The first-order chi connectivity index (χ1) is 10.7. The molecule has 1 aromatic rings. The second kappa shape index (κ2) is 6.81. The molecule has 0 saturated carbocycles. The maximum Gasteiger partial charge on any atom is 0.694 e. The van der Waals surface area contributed by atoms with E-state index < -0.39 is 43.8 Å². The number of nitrogens with zero attached hydrogens (tertiary/aromatic N) is 2. The van der Waals surface area contributed by atoms with Crippen molar-refractivity contribution < 1.29 is 28.6 Å². The number of aliphatic hydroxyl groups is 1. The van der Waals surface area contributed by atoms with Crippen LogP contribution in [0, 0.1) is 6.92 Å². The number of rotatable bonds is 4. The third-order valence-electron chi connectivity index (χ3n) is 3.46. The minimum atomic E-state index is -2.83. The average Bonchev–Trinajstić information content (AvgIpc) is 2.81. The van der Waals surface area contributed by atoms with Crippen LogP contribution >= 0.6 is 8.25 Å². The number of carbonyl (C=O) groups excluding carboxylic acids is 1. The molecule has 2 heterocycles. The van der Waals surface area contributed by atoms with Gasteiger partial charge in [0, 0.05) is 29.7 Å². The molecule has 0 aromatic carbocycles. The summed E-state index contributed by atoms with van der Waals surface area (Å²) in [5.74, 6) is -0.729. The number of aliphatic hydroxyl groups excluding tert-OH is 1. The van der Waals surface area contributed by atoms with Gasteiger partial charge in [-0.2, -0.15) is 4.57 Å². The van der Waals surface area contributed by atoms with Gasteiger partial charge >= 0.3 is 13.9 Å². The van der Waals surface area contributed by atoms with E-state index in [1.54, 1.807) is 0 Å². The van der Waals surface area contributed by atoms with Crippen molar-refractivity contribution in [1.82, 2.24) is 9.13 Å². The van der Waals surface area contributed by atoms with Gasteiger partial charge < -0.3 is 9.84 Å². The minimum absolute atomic E-state index is 0.00565. The second-order valence-corrected chi connectivity index (χ2v) is 5.86. The van der Waals surface area contributed by atoms with Crippen LogP contribution in [0.25, 0.3) is 0 Å². The van der Waals surface area contributed by atoms with Gasteiger partial charge in [0.25, 0.3) is 5.56 Å². The quantitative estimate of drug-likeness (QED) is 0.682. The highest BCUT2D eigenvalue weighted by Gasteiger charge is 2.38. The summed E-state index contributed by atoms with van der Waals surface area (Å²) >= 11 is 0. The number of carbonyl (C=O) groups is 1. The summed E-state index contributed by atoms with van der Waals surface area (Å²) in [6.45, 7) is 2.20. The molecule has 126 valence electrons. The maximum atomic E-state index is 12.3. The molecular weight excluding hydrogens is 331 g/mol. The van der Waals surface area contributed by atoms with Crippen molar-refractivity contribution in [3.63, 3.8) is 0 Å². The lowest BCUT2D eigenvalue weighted by Crippen LogP contribution is -2.44. The molecular formula is C12H16N2O8P+. The topological polar surface area (TPSA) is 137 Å². The molecule has 4 atom stereocenters. The first-order valence-corrected chi connectivity index (χ1v) is 7.83. The van der Waals surface area contributed by atoms with Gasteiger partial charge in [0.05, 0.1) is 6.10 Å². The molecule has 1 aliphatic rings. The van der Waals surface area contributed by atoms with E-state index in [2.05, 4.69) is 4.52 Å². The normalized spacial score (nSPS) is 24.7. The van der Waals surface area contributed by atoms with Crippen molar-refractivity contribution >= 4 is 14.2 Å². The fourth-order valence-corrected chi connectivity index (χ4v) is 2.63. The Labute approximate surface area is 130 Å². The van der Waals surface area contributed by atoms with Gasteiger partial charge in [0.1, 0.15) is 18.9 Å². The summed E-state index contributed by atoms with van der Waals surface area (Å²) in [6.07, 6.45) is -1.60. The summed E-state index contributed by atoms with van der Waals surface area (Å²) in [4.78, 5) is 44.2. The lowest BCUT2D eigenvalue weighted by atomic mass is 10.2. The Bertz CT molecular complexity index is 754. The highest BCUT2D eigenvalue weighted by atomic mass is 31.1. The Morgan fingerprint density at radius 3 is 2.74 bits per heavy atom. The molecule has 10 nitrogen and oxygen atoms in total. The predicted octanol–water partition coefficient (Wildman–Crippen LogP) is -0.707. The van der Waals surface area contributed by atoms with Gasteiger partial charge in [0.15, 0.2) is 0 Å². The largest absolute Gasteiger partial charge is 0.694 e. The minimum Gasteiger partial charge on any atom is -0.390 e. The number of ether oxygens (including phenoxy) is 1. The van der Waals surface area contributed by atoms with Crippen molar-refractivity contribution in [1.29, 1.82) is 0 Å². The molecule has 1 unspecified atom stereocenters. The molecule has 1 fully saturated rings. The highest BCUT2D eigenvalue weighted by molar-refractivity contribution is 7.32. The Morgan fingerprint density at radius 2 is 2.17 bits per heavy atom. The first kappa shape index (κ1) is 17.6. The van der Waals surface area contributed by atoms with E-state index in [1.807, 2.05) is 0 Å². The van der Waals surface area contributed by atoms with E-state index in [4.69, 9.17) is 9.63 Å². The van der Waals surface area contributed by atoms with Gasteiger partial charge in [-0.15, -0.1) is 9.42 Å². The number of aromatic nitrogens is 2. The summed E-state index contributed by atoms with van der Waals surface area (Å²) in [5, 5.41) is 9.89. The van der Waals surface area contributed by atoms with Gasteiger partial charge in [0.2, 0.25) is 5.91 Å². The van der Waals surface area contributed by atoms with Gasteiger partial charge in [-0.05, 0) is 6.92 Å². The molecule has 0 radical (unpaired) electrons. The zero-order valence-corrected chi connectivity index (χ0v) is 13.3. The van der Waals surface area contributed by atoms with E-state index in [9.17, 15) is 24.1 Å². The van der Waals surface area contributed by atoms with Crippen molar-refractivity contribution in [2.45, 2.75) is 38.7 Å². The molecule has 0 aliphatic carbocycles. The molecule has 2 rings (SSSR count). The van der Waals surface area contributed by atoms with Crippen molar-refractivity contribution in [3.8, 4) is 0 Å². The van der Waals surface area contributed by atoms with E-state index in [0.29, 0.717) is 4.57 Å². The molecule has 23 heavy (non-hydrogen) atoms. The fourth-order valence-electron chi connectivity index (χ4n) is 2.35. The molecule has 1 aliphatic heterocycles. The summed E-state index contributed by atoms with van der Waals surface area (Å²) in [6, 6.07) is 0. The van der Waals surface area contributed by atoms with Crippen LogP contribution in [-0.4, -0.2) is 43.9 Å². The summed E-state index contributed by atoms with van der Waals surface area (Å²) < 4.78 is 22.0. The zero-order valence-electron chi connectivity index (χ0n) is 12.4. The van der Waals surface area contributed by atoms with E-state index in [1.165, 1.54) is 13.1 Å². The molecule has 0 spiro atoms. The second-order valence-electron chi connectivity index (χ2n) is 5.13. The third-order valence-corrected chi connectivity index (χ3v) is 3.83. The van der Waals surface area contributed by atoms with E-state index in [0.717, 1.165) is 11.5 Å². The van der Waals surface area contributed by atoms with Crippen molar-refractivity contribution in [3.05, 3.63) is 32.6 Å². The van der Waals surface area contributed by atoms with Crippen LogP contribution in [0.2, 0.25) is 0 Å². The molecule has 0 bridgehead atoms. The third kappa shape index (κ3) is 3.62. The van der Waals surface area contributed by atoms with Crippen LogP contribution < -0.4 is 11.2 Å². The van der Waals surface area contributed by atoms with Gasteiger partial charge in [-0.3, -0.25) is 14.2 Å². The van der Waals surface area contributed by atoms with Crippen LogP contribution in [-0.2, 0) is 13.8 Å². The monoisotopic (exact) mass is 347 g/mol. The molecule has 1 aromatic heterocycles. The Kier molecular flexibility index (Phi) is 5.23. The smallest absolute Gasteiger partial charge is 0.390 e. The van der Waals surface area contributed by atoms with Crippen molar-refractivity contribution in [2.24, 2.45) is 0 Å². The molecule has 11 heteroatoms. The fraction of sp³-hybridized carbons (Fsp3) is 0.583. The lowest BCUT2D eigenvalue weighted by Gasteiger charge is -2.16. The lowest BCUT2D eigenvalue weighted by molar-refractivity contribution is -0.0416. The van der Waals surface area contributed by atoms with Crippen LogP contribution in [0.15, 0.2) is 15.8 Å². The zero-order chi connectivity index (χ0) is 17.3. The van der Waals surface area contributed by atoms with Crippen LogP contribution in [0.1, 0.15) is 29.9 Å². The SMILES string of the molecule is CC(=O)n1c(=O)c(C)cn([C@H]2C[C@H](O)[C@@H](CO[P+](=O)O)O2)c1=O. The number of hydrogen-bond donors (Lipinski definition) is 2. The standard InChI is InChI=1S/C12H15N2O8P/c1-6-4-13(12(18)14(7(2)15)11(6)17)10-3-8(16)9(22-10)5-21-23(19)20/h4,8-10,16H,3,5H2,1-2H3/p+1/t8-,9+,10+/m0/s1. The van der Waals surface area contributed by atoms with Crippen LogP contribution in [0.5, 0.6) is 0 Å². The van der Waals surface area contributed by atoms with E-state index in [-0.39, 0.29) is 18.6 Å². The first-order valence-electron chi connectivity index (χ1n) is 6.70. The van der Waals surface area contributed by atoms with Crippen molar-refractivity contribution in [2.75, 3.05) is 6.61 Å². The molecule has 0 amide bonds. The predicted molar refractivity (Wildman–Crippen MR) is 76.3 cm³/mol. The summed E-state index contributed by atoms with van der Waals surface area (Å²) in [7, 11) is -2.83. The Morgan fingerprint density at radius 1 is 1.52 bits per heavy atom. The van der Waals surface area contributed by atoms with Gasteiger partial charge in [-0.1, -0.05) is 0 Å². The Hall–Kier alpha value is -1.71. The molecule has 1 saturated heterocycles. The number of aryl methyl sites for hydroxylation is 1. The van der Waals surface area contributed by atoms with Gasteiger partial charge in [-0.25, -0.2) is 4.79 Å². The summed E-state index contributed by atoms with van der Waals surface area (Å²) in [5.41, 5.74) is -1.43.